The van der Waals surface area contributed by atoms with Crippen LogP contribution in [0.25, 0.3) is 0 Å². The molecule has 0 aliphatic heterocycles. The summed E-state index contributed by atoms with van der Waals surface area (Å²) in [5.41, 5.74) is 0. The van der Waals surface area contributed by atoms with Gasteiger partial charge >= 0.3 is 5.97 Å². The van der Waals surface area contributed by atoms with Gasteiger partial charge in [0.1, 0.15) is 0 Å². The third-order valence-electron chi connectivity index (χ3n) is 13.3. The molecule has 0 aliphatic carbocycles. The standard InChI is InChI=1S/C57H111NO5/c1-3-5-7-9-11-13-15-17-18-19-20-21-22-23-24-26-29-33-37-41-45-49-55(60)54(53-59)58-56(61)50-46-42-38-34-30-27-25-28-32-36-40-44-48-52-63-57(62)51-47-43-39-35-31-16-14-12-10-8-6-4-2/h27,30,54-55,59-60H,3-26,28-29,31-53H2,1-2H3,(H,58,61)/b30-27-. The van der Waals surface area contributed by atoms with Crippen LogP contribution in [0.15, 0.2) is 12.2 Å². The van der Waals surface area contributed by atoms with E-state index < -0.39 is 12.1 Å². The van der Waals surface area contributed by atoms with Crippen molar-refractivity contribution in [3.63, 3.8) is 0 Å². The van der Waals surface area contributed by atoms with E-state index in [1.54, 1.807) is 0 Å². The van der Waals surface area contributed by atoms with E-state index in [-0.39, 0.29) is 18.5 Å². The molecule has 374 valence electrons. The van der Waals surface area contributed by atoms with Gasteiger partial charge in [0.2, 0.25) is 5.91 Å². The van der Waals surface area contributed by atoms with Gasteiger partial charge in [-0.05, 0) is 51.4 Å². The summed E-state index contributed by atoms with van der Waals surface area (Å²) in [6.45, 7) is 4.93. The summed E-state index contributed by atoms with van der Waals surface area (Å²) in [4.78, 5) is 24.5. The van der Waals surface area contributed by atoms with Crippen LogP contribution >= 0.6 is 0 Å². The lowest BCUT2D eigenvalue weighted by Gasteiger charge is -2.22. The Morgan fingerprint density at radius 3 is 1.14 bits per heavy atom. The molecule has 0 bridgehead atoms. The maximum Gasteiger partial charge on any atom is 0.305 e. The third kappa shape index (κ3) is 49.9. The van der Waals surface area contributed by atoms with Gasteiger partial charge < -0.3 is 20.3 Å². The largest absolute Gasteiger partial charge is 0.466 e. The first-order valence-electron chi connectivity index (χ1n) is 28.4. The molecular weight excluding hydrogens is 779 g/mol. The van der Waals surface area contributed by atoms with Gasteiger partial charge in [0.05, 0.1) is 25.4 Å². The molecule has 63 heavy (non-hydrogen) atoms. The highest BCUT2D eigenvalue weighted by atomic mass is 16.5. The third-order valence-corrected chi connectivity index (χ3v) is 13.3. The number of rotatable bonds is 53. The number of hydrogen-bond acceptors (Lipinski definition) is 5. The van der Waals surface area contributed by atoms with Crippen LogP contribution in [0.4, 0.5) is 0 Å². The fourth-order valence-electron chi connectivity index (χ4n) is 8.93. The molecule has 0 fully saturated rings. The second-order valence-electron chi connectivity index (χ2n) is 19.6. The highest BCUT2D eigenvalue weighted by molar-refractivity contribution is 5.76. The minimum Gasteiger partial charge on any atom is -0.466 e. The smallest absolute Gasteiger partial charge is 0.305 e. The zero-order valence-electron chi connectivity index (χ0n) is 42.6. The van der Waals surface area contributed by atoms with Gasteiger partial charge in [-0.1, -0.05) is 264 Å². The van der Waals surface area contributed by atoms with E-state index in [4.69, 9.17) is 4.74 Å². The summed E-state index contributed by atoms with van der Waals surface area (Å²) in [6.07, 6.45) is 62.0. The Hall–Kier alpha value is -1.40. The quantitative estimate of drug-likeness (QED) is 0.0321. The first kappa shape index (κ1) is 61.6. The van der Waals surface area contributed by atoms with Crippen LogP contribution in [0.5, 0.6) is 0 Å². The van der Waals surface area contributed by atoms with E-state index in [9.17, 15) is 19.8 Å². The minimum absolute atomic E-state index is 0.0111. The van der Waals surface area contributed by atoms with E-state index in [0.717, 1.165) is 70.6 Å². The van der Waals surface area contributed by atoms with Crippen molar-refractivity contribution in [3.8, 4) is 0 Å². The summed E-state index contributed by atoms with van der Waals surface area (Å²) in [7, 11) is 0. The number of aliphatic hydroxyl groups excluding tert-OH is 2. The van der Waals surface area contributed by atoms with Gasteiger partial charge in [0.15, 0.2) is 0 Å². The predicted molar refractivity (Wildman–Crippen MR) is 273 cm³/mol. The molecule has 0 heterocycles. The Labute approximate surface area is 393 Å². The first-order chi connectivity index (χ1) is 31.0. The molecule has 0 aromatic rings. The molecule has 0 rings (SSSR count). The molecular formula is C57H111NO5. The van der Waals surface area contributed by atoms with Gasteiger partial charge in [-0.2, -0.15) is 0 Å². The van der Waals surface area contributed by atoms with Crippen molar-refractivity contribution in [1.82, 2.24) is 5.32 Å². The topological polar surface area (TPSA) is 95.9 Å². The molecule has 2 unspecified atom stereocenters. The number of carbonyl (C=O) groups is 2. The molecule has 0 radical (unpaired) electrons. The van der Waals surface area contributed by atoms with Crippen LogP contribution in [0, 0.1) is 0 Å². The van der Waals surface area contributed by atoms with Crippen molar-refractivity contribution >= 4 is 11.9 Å². The average molecular weight is 891 g/mol. The Bertz CT molecular complexity index is 939. The molecule has 0 saturated heterocycles. The fraction of sp³-hybridized carbons (Fsp3) is 0.930. The van der Waals surface area contributed by atoms with Crippen LogP contribution < -0.4 is 5.32 Å². The predicted octanol–water partition coefficient (Wildman–Crippen LogP) is 17.3. The van der Waals surface area contributed by atoms with Crippen molar-refractivity contribution in [3.05, 3.63) is 12.2 Å². The van der Waals surface area contributed by atoms with Crippen molar-refractivity contribution in [1.29, 1.82) is 0 Å². The number of allylic oxidation sites excluding steroid dienone is 2. The summed E-state index contributed by atoms with van der Waals surface area (Å²) in [5, 5.41) is 23.3. The van der Waals surface area contributed by atoms with E-state index in [2.05, 4.69) is 31.3 Å². The minimum atomic E-state index is -0.681. The van der Waals surface area contributed by atoms with Gasteiger partial charge in [0.25, 0.3) is 0 Å². The van der Waals surface area contributed by atoms with Gasteiger partial charge in [-0.3, -0.25) is 9.59 Å². The molecule has 0 aliphatic rings. The summed E-state index contributed by atoms with van der Waals surface area (Å²) < 4.78 is 5.45. The number of unbranched alkanes of at least 4 members (excludes halogenated alkanes) is 40. The Morgan fingerprint density at radius 2 is 0.746 bits per heavy atom. The highest BCUT2D eigenvalue weighted by Crippen LogP contribution is 2.17. The lowest BCUT2D eigenvalue weighted by molar-refractivity contribution is -0.143. The van der Waals surface area contributed by atoms with Crippen molar-refractivity contribution in [2.45, 2.75) is 328 Å². The van der Waals surface area contributed by atoms with Gasteiger partial charge in [0, 0.05) is 12.8 Å². The van der Waals surface area contributed by atoms with Crippen LogP contribution in [0.3, 0.4) is 0 Å². The molecule has 0 saturated carbocycles. The number of amides is 1. The Morgan fingerprint density at radius 1 is 0.429 bits per heavy atom. The first-order valence-corrected chi connectivity index (χ1v) is 28.4. The number of esters is 1. The zero-order valence-corrected chi connectivity index (χ0v) is 42.6. The summed E-state index contributed by atoms with van der Waals surface area (Å²) >= 11 is 0. The van der Waals surface area contributed by atoms with Gasteiger partial charge in [-0.25, -0.2) is 0 Å². The Kier molecular flexibility index (Phi) is 52.0. The number of carbonyl (C=O) groups excluding carboxylic acids is 2. The van der Waals surface area contributed by atoms with E-state index in [0.29, 0.717) is 25.9 Å². The number of ether oxygens (including phenoxy) is 1. The number of nitrogens with one attached hydrogen (secondary N) is 1. The van der Waals surface area contributed by atoms with E-state index >= 15 is 0 Å². The molecule has 6 heteroatoms. The molecule has 3 N–H and O–H groups in total. The van der Waals surface area contributed by atoms with Crippen molar-refractivity contribution < 1.29 is 24.5 Å². The maximum atomic E-state index is 12.5. The molecule has 1 amide bonds. The normalized spacial score (nSPS) is 12.6. The zero-order chi connectivity index (χ0) is 45.8. The molecule has 2 atom stereocenters. The van der Waals surface area contributed by atoms with E-state index in [1.807, 2.05) is 0 Å². The van der Waals surface area contributed by atoms with Crippen LogP contribution in [0.1, 0.15) is 316 Å². The van der Waals surface area contributed by atoms with E-state index in [1.165, 1.54) is 212 Å². The lowest BCUT2D eigenvalue weighted by Crippen LogP contribution is -2.45. The number of hydrogen-bond donors (Lipinski definition) is 3. The average Bonchev–Trinajstić information content (AvgIpc) is 3.28. The van der Waals surface area contributed by atoms with Crippen molar-refractivity contribution in [2.24, 2.45) is 0 Å². The SMILES string of the molecule is CCCCCCCCCCCCCCCCCCCCCCCC(O)C(CO)NC(=O)CCCCC/C=C\CCCCCCCCOC(=O)CCCCCCCCCCCCCC. The lowest BCUT2D eigenvalue weighted by atomic mass is 10.0. The monoisotopic (exact) mass is 890 g/mol. The maximum absolute atomic E-state index is 12.5. The molecule has 0 aromatic heterocycles. The van der Waals surface area contributed by atoms with Crippen molar-refractivity contribution in [2.75, 3.05) is 13.2 Å². The molecule has 6 nitrogen and oxygen atoms in total. The molecule has 0 spiro atoms. The van der Waals surface area contributed by atoms with Gasteiger partial charge in [-0.15, -0.1) is 0 Å². The second-order valence-corrected chi connectivity index (χ2v) is 19.6. The highest BCUT2D eigenvalue weighted by Gasteiger charge is 2.20. The second kappa shape index (κ2) is 53.2. The summed E-state index contributed by atoms with van der Waals surface area (Å²) in [5.74, 6) is -0.0727. The van der Waals surface area contributed by atoms with Crippen LogP contribution in [0.2, 0.25) is 0 Å². The fourth-order valence-corrected chi connectivity index (χ4v) is 8.93. The van der Waals surface area contributed by atoms with Crippen LogP contribution in [-0.4, -0.2) is 47.4 Å². The number of aliphatic hydroxyl groups is 2. The Balaban J connectivity index is 3.49. The molecule has 0 aromatic carbocycles. The summed E-state index contributed by atoms with van der Waals surface area (Å²) in [6, 6.07) is -0.561. The van der Waals surface area contributed by atoms with Crippen LogP contribution in [-0.2, 0) is 14.3 Å².